The minimum Gasteiger partial charge on any atom is -0.304 e. The van der Waals surface area contributed by atoms with Gasteiger partial charge in [-0.05, 0) is 48.4 Å². The average molecular weight is 485 g/mol. The van der Waals surface area contributed by atoms with E-state index in [-0.39, 0.29) is 17.8 Å². The van der Waals surface area contributed by atoms with E-state index in [9.17, 15) is 22.4 Å². The van der Waals surface area contributed by atoms with Crippen LogP contribution in [0.1, 0.15) is 16.7 Å². The second kappa shape index (κ2) is 7.40. The first-order chi connectivity index (χ1) is 15.7. The Morgan fingerprint density at radius 3 is 2.52 bits per heavy atom. The van der Waals surface area contributed by atoms with Crippen LogP contribution in [0.25, 0.3) is 0 Å². The molecule has 1 atom stereocenters. The summed E-state index contributed by atoms with van der Waals surface area (Å²) in [5, 5.41) is 0.475. The standard InChI is InChI=1S/C24H18ClFN2O4S/c1-15-9-10-18(12-20(15)26)28-22(29)14-33(31,32)24(28)19-7-2-3-8-21(19)27(23(24)30)13-16-5-4-6-17(25)11-16/h2-12H,13-14H2,1H3/t24-/m0/s1. The summed E-state index contributed by atoms with van der Waals surface area (Å²) in [6.45, 7) is 1.61. The Morgan fingerprint density at radius 1 is 1.03 bits per heavy atom. The molecule has 6 nitrogen and oxygen atoms in total. The quantitative estimate of drug-likeness (QED) is 0.564. The number of aryl methyl sites for hydroxylation is 1. The van der Waals surface area contributed by atoms with Gasteiger partial charge in [0.15, 0.2) is 9.84 Å². The number of anilines is 2. The van der Waals surface area contributed by atoms with Crippen LogP contribution >= 0.6 is 11.6 Å². The fourth-order valence-electron chi connectivity index (χ4n) is 4.59. The SMILES string of the molecule is Cc1ccc(N2C(=O)CS(=O)(=O)[C@@]23C(=O)N(Cc2cccc(Cl)c2)c2ccccc23)cc1F. The molecule has 0 unspecified atom stereocenters. The molecule has 1 fully saturated rings. The molecule has 0 radical (unpaired) electrons. The molecular formula is C24H18ClFN2O4S. The third-order valence-electron chi connectivity index (χ3n) is 6.07. The molecular weight excluding hydrogens is 467 g/mol. The van der Waals surface area contributed by atoms with Crippen LogP contribution in [0.2, 0.25) is 5.02 Å². The normalized spacial score (nSPS) is 21.2. The van der Waals surface area contributed by atoms with E-state index in [4.69, 9.17) is 11.6 Å². The maximum Gasteiger partial charge on any atom is 0.274 e. The molecule has 2 heterocycles. The van der Waals surface area contributed by atoms with Crippen molar-refractivity contribution in [1.29, 1.82) is 0 Å². The van der Waals surface area contributed by atoms with Crippen molar-refractivity contribution in [3.05, 3.63) is 94.3 Å². The highest BCUT2D eigenvalue weighted by Gasteiger charge is 2.69. The summed E-state index contributed by atoms with van der Waals surface area (Å²) in [6.07, 6.45) is 0. The van der Waals surface area contributed by atoms with E-state index in [0.717, 1.165) is 11.0 Å². The van der Waals surface area contributed by atoms with E-state index in [1.165, 1.54) is 23.1 Å². The van der Waals surface area contributed by atoms with Crippen molar-refractivity contribution >= 4 is 44.6 Å². The summed E-state index contributed by atoms with van der Waals surface area (Å²) in [7, 11) is -4.32. The lowest BCUT2D eigenvalue weighted by Gasteiger charge is -2.32. The highest BCUT2D eigenvalue weighted by Crippen LogP contribution is 2.52. The number of halogens is 2. The first-order valence-electron chi connectivity index (χ1n) is 10.1. The van der Waals surface area contributed by atoms with Gasteiger partial charge in [0.2, 0.25) is 5.91 Å². The molecule has 3 aromatic rings. The number of nitrogens with zero attached hydrogens (tertiary/aromatic N) is 2. The molecule has 2 aliphatic heterocycles. The van der Waals surface area contributed by atoms with Gasteiger partial charge in [-0.2, -0.15) is 0 Å². The zero-order valence-corrected chi connectivity index (χ0v) is 19.0. The van der Waals surface area contributed by atoms with Crippen molar-refractivity contribution in [1.82, 2.24) is 0 Å². The molecule has 1 spiro atoms. The summed E-state index contributed by atoms with van der Waals surface area (Å²) in [5.74, 6) is -3.02. The van der Waals surface area contributed by atoms with Crippen LogP contribution in [-0.4, -0.2) is 26.0 Å². The fraction of sp³-hybridized carbons (Fsp3) is 0.167. The minimum atomic E-state index is -4.32. The maximum absolute atomic E-state index is 14.4. The Balaban J connectivity index is 1.74. The van der Waals surface area contributed by atoms with E-state index in [2.05, 4.69) is 0 Å². The van der Waals surface area contributed by atoms with Gasteiger partial charge in [0, 0.05) is 16.3 Å². The van der Waals surface area contributed by atoms with Gasteiger partial charge in [-0.15, -0.1) is 0 Å². The number of hydrogen-bond acceptors (Lipinski definition) is 4. The van der Waals surface area contributed by atoms with Gasteiger partial charge in [-0.3, -0.25) is 14.5 Å². The lowest BCUT2D eigenvalue weighted by atomic mass is 10.0. The van der Waals surface area contributed by atoms with Crippen LogP contribution in [0.15, 0.2) is 66.7 Å². The molecule has 3 aromatic carbocycles. The molecule has 0 saturated carbocycles. The van der Waals surface area contributed by atoms with Crippen LogP contribution in [0, 0.1) is 12.7 Å². The van der Waals surface area contributed by atoms with Gasteiger partial charge in [-0.1, -0.05) is 48.0 Å². The van der Waals surface area contributed by atoms with Gasteiger partial charge in [0.05, 0.1) is 12.2 Å². The topological polar surface area (TPSA) is 74.8 Å². The molecule has 0 bridgehead atoms. The number of para-hydroxylation sites is 1. The van der Waals surface area contributed by atoms with E-state index >= 15 is 0 Å². The molecule has 1 saturated heterocycles. The van der Waals surface area contributed by atoms with Gasteiger partial charge < -0.3 is 4.90 Å². The molecule has 2 amide bonds. The Hall–Kier alpha value is -3.23. The molecule has 0 aromatic heterocycles. The predicted molar refractivity (Wildman–Crippen MR) is 123 cm³/mol. The first kappa shape index (κ1) is 21.6. The van der Waals surface area contributed by atoms with E-state index in [1.54, 1.807) is 49.4 Å². The molecule has 0 N–H and O–H groups in total. The Morgan fingerprint density at radius 2 is 1.79 bits per heavy atom. The molecule has 5 rings (SSSR count). The maximum atomic E-state index is 14.4. The Labute approximate surface area is 195 Å². The second-order valence-electron chi connectivity index (χ2n) is 8.10. The Bertz CT molecular complexity index is 1440. The third kappa shape index (κ3) is 3.01. The monoisotopic (exact) mass is 484 g/mol. The number of fused-ring (bicyclic) bond motifs is 2. The summed E-state index contributed by atoms with van der Waals surface area (Å²) in [4.78, 5) is 27.0. The van der Waals surface area contributed by atoms with Crippen LogP contribution in [0.3, 0.4) is 0 Å². The van der Waals surface area contributed by atoms with Crippen LogP contribution < -0.4 is 9.80 Å². The second-order valence-corrected chi connectivity index (χ2v) is 10.6. The van der Waals surface area contributed by atoms with Crippen molar-refractivity contribution in [3.63, 3.8) is 0 Å². The minimum absolute atomic E-state index is 0.0110. The Kier molecular flexibility index (Phi) is 4.84. The molecule has 2 aliphatic rings. The first-order valence-corrected chi connectivity index (χ1v) is 12.2. The van der Waals surface area contributed by atoms with Gasteiger partial charge in [0.25, 0.3) is 10.8 Å². The lowest BCUT2D eigenvalue weighted by molar-refractivity contribution is -0.123. The number of amides is 2. The van der Waals surface area contributed by atoms with E-state index in [1.807, 2.05) is 0 Å². The summed E-state index contributed by atoms with van der Waals surface area (Å²) in [6, 6.07) is 17.3. The van der Waals surface area contributed by atoms with Crippen molar-refractivity contribution < 1.29 is 22.4 Å². The van der Waals surface area contributed by atoms with Gasteiger partial charge in [0.1, 0.15) is 11.6 Å². The average Bonchev–Trinajstić information content (AvgIpc) is 3.13. The van der Waals surface area contributed by atoms with Gasteiger partial charge >= 0.3 is 0 Å². The molecule has 9 heteroatoms. The van der Waals surface area contributed by atoms with Crippen molar-refractivity contribution in [2.45, 2.75) is 18.3 Å². The number of hydrogen-bond donors (Lipinski definition) is 0. The number of carbonyl (C=O) groups is 2. The molecule has 33 heavy (non-hydrogen) atoms. The largest absolute Gasteiger partial charge is 0.304 e. The van der Waals surface area contributed by atoms with Crippen molar-refractivity contribution in [2.24, 2.45) is 0 Å². The molecule has 0 aliphatic carbocycles. The highest BCUT2D eigenvalue weighted by atomic mass is 35.5. The predicted octanol–water partition coefficient (Wildman–Crippen LogP) is 3.95. The van der Waals surface area contributed by atoms with Crippen molar-refractivity contribution in [3.8, 4) is 0 Å². The zero-order chi connectivity index (χ0) is 23.5. The van der Waals surface area contributed by atoms with E-state index < -0.39 is 38.1 Å². The molecule has 168 valence electrons. The van der Waals surface area contributed by atoms with Crippen LogP contribution in [-0.2, 0) is 30.8 Å². The van der Waals surface area contributed by atoms with E-state index in [0.29, 0.717) is 21.8 Å². The van der Waals surface area contributed by atoms with Crippen molar-refractivity contribution in [2.75, 3.05) is 15.6 Å². The number of rotatable bonds is 3. The van der Waals surface area contributed by atoms with Crippen LogP contribution in [0.4, 0.5) is 15.8 Å². The zero-order valence-electron chi connectivity index (χ0n) is 17.5. The number of benzene rings is 3. The van der Waals surface area contributed by atoms with Crippen LogP contribution in [0.5, 0.6) is 0 Å². The highest BCUT2D eigenvalue weighted by molar-refractivity contribution is 7.94. The van der Waals surface area contributed by atoms with Gasteiger partial charge in [-0.25, -0.2) is 12.8 Å². The summed E-state index contributed by atoms with van der Waals surface area (Å²) < 4.78 is 41.5. The number of carbonyl (C=O) groups excluding carboxylic acids is 2. The summed E-state index contributed by atoms with van der Waals surface area (Å²) >= 11 is 6.09. The fourth-order valence-corrected chi connectivity index (χ4v) is 6.83. The smallest absolute Gasteiger partial charge is 0.274 e. The lowest BCUT2D eigenvalue weighted by Crippen LogP contribution is -2.54. The third-order valence-corrected chi connectivity index (χ3v) is 8.41. The summed E-state index contributed by atoms with van der Waals surface area (Å²) in [5.41, 5.74) is 1.58. The number of sulfone groups is 1.